The minimum Gasteiger partial charge on any atom is -0.468 e. The summed E-state index contributed by atoms with van der Waals surface area (Å²) in [5.74, 6) is 1.08. The quantitative estimate of drug-likeness (QED) is 0.647. The summed E-state index contributed by atoms with van der Waals surface area (Å²) < 4.78 is 5.63. The van der Waals surface area contributed by atoms with Crippen LogP contribution < -0.4 is 5.32 Å². The summed E-state index contributed by atoms with van der Waals surface area (Å²) in [4.78, 5) is 2.44. The highest BCUT2D eigenvalue weighted by Gasteiger charge is 2.07. The van der Waals surface area contributed by atoms with Gasteiger partial charge in [0.25, 0.3) is 0 Å². The van der Waals surface area contributed by atoms with Gasteiger partial charge in [-0.05, 0) is 38.5 Å². The molecule has 1 N–H and O–H groups in total. The first-order valence-electron chi connectivity index (χ1n) is 7.29. The van der Waals surface area contributed by atoms with Crippen molar-refractivity contribution in [1.29, 1.82) is 0 Å². The van der Waals surface area contributed by atoms with E-state index < -0.39 is 0 Å². The molecule has 0 saturated heterocycles. The van der Waals surface area contributed by atoms with Gasteiger partial charge in [-0.1, -0.05) is 27.2 Å². The van der Waals surface area contributed by atoms with Gasteiger partial charge in [0.15, 0.2) is 0 Å². The molecule has 0 aliphatic carbocycles. The van der Waals surface area contributed by atoms with Crippen molar-refractivity contribution in [3.05, 3.63) is 23.7 Å². The second-order valence-electron chi connectivity index (χ2n) is 4.82. The third-order valence-corrected chi connectivity index (χ3v) is 3.12. The molecule has 0 fully saturated rings. The van der Waals surface area contributed by atoms with Gasteiger partial charge >= 0.3 is 0 Å². The Morgan fingerprint density at radius 1 is 1.22 bits per heavy atom. The highest BCUT2D eigenvalue weighted by Crippen LogP contribution is 2.11. The Labute approximate surface area is 112 Å². The summed E-state index contributed by atoms with van der Waals surface area (Å²) >= 11 is 0. The number of unbranched alkanes of at least 4 members (excludes halogenated alkanes) is 1. The molecule has 3 heteroatoms. The smallest absolute Gasteiger partial charge is 0.118 e. The summed E-state index contributed by atoms with van der Waals surface area (Å²) in [7, 11) is 0. The van der Waals surface area contributed by atoms with Gasteiger partial charge in [0.1, 0.15) is 5.76 Å². The molecule has 1 rings (SSSR count). The first kappa shape index (κ1) is 15.3. The van der Waals surface area contributed by atoms with E-state index in [1.807, 2.05) is 6.26 Å². The number of rotatable bonds is 10. The summed E-state index contributed by atoms with van der Waals surface area (Å²) in [5, 5.41) is 3.39. The van der Waals surface area contributed by atoms with Gasteiger partial charge in [-0.25, -0.2) is 0 Å². The second-order valence-corrected chi connectivity index (χ2v) is 4.82. The van der Waals surface area contributed by atoms with Crippen molar-refractivity contribution in [2.45, 2.75) is 53.1 Å². The number of nitrogens with zero attached hydrogens (tertiary/aromatic N) is 1. The lowest BCUT2D eigenvalue weighted by atomic mass is 10.2. The van der Waals surface area contributed by atoms with E-state index in [1.54, 1.807) is 0 Å². The zero-order chi connectivity index (χ0) is 13.2. The van der Waals surface area contributed by atoms with Crippen LogP contribution in [0.2, 0.25) is 0 Å². The van der Waals surface area contributed by atoms with Gasteiger partial charge in [0.2, 0.25) is 0 Å². The molecule has 0 aliphatic rings. The highest BCUT2D eigenvalue weighted by molar-refractivity contribution is 5.12. The lowest BCUT2D eigenvalue weighted by molar-refractivity contribution is 0.252. The Kier molecular flexibility index (Phi) is 7.78. The maximum atomic E-state index is 5.63. The molecule has 0 spiro atoms. The first-order chi connectivity index (χ1) is 8.80. The Morgan fingerprint density at radius 3 is 2.72 bits per heavy atom. The normalized spacial score (nSPS) is 11.3. The largest absolute Gasteiger partial charge is 0.468 e. The zero-order valence-electron chi connectivity index (χ0n) is 12.2. The van der Waals surface area contributed by atoms with Crippen LogP contribution >= 0.6 is 0 Å². The fourth-order valence-corrected chi connectivity index (χ4v) is 1.96. The predicted octanol–water partition coefficient (Wildman–Crippen LogP) is 3.40. The number of furan rings is 1. The van der Waals surface area contributed by atoms with E-state index in [1.165, 1.54) is 24.8 Å². The van der Waals surface area contributed by atoms with Crippen LogP contribution in [0.4, 0.5) is 0 Å². The van der Waals surface area contributed by atoms with Gasteiger partial charge in [-0.2, -0.15) is 0 Å². The molecule has 0 unspecified atom stereocenters. The van der Waals surface area contributed by atoms with E-state index in [0.717, 1.165) is 38.5 Å². The van der Waals surface area contributed by atoms with Crippen LogP contribution in [0.25, 0.3) is 0 Å². The van der Waals surface area contributed by atoms with E-state index in [9.17, 15) is 0 Å². The van der Waals surface area contributed by atoms with Gasteiger partial charge < -0.3 is 9.73 Å². The summed E-state index contributed by atoms with van der Waals surface area (Å²) in [6, 6.07) is 2.18. The molecule has 1 heterocycles. The SMILES string of the molecule is CCCCN(CC)Cc1cc(CNCCC)co1. The Morgan fingerprint density at radius 2 is 2.06 bits per heavy atom. The minimum absolute atomic E-state index is 0.915. The van der Waals surface area contributed by atoms with Crippen LogP contribution in [-0.4, -0.2) is 24.5 Å². The zero-order valence-corrected chi connectivity index (χ0v) is 12.2. The third-order valence-electron chi connectivity index (χ3n) is 3.12. The maximum absolute atomic E-state index is 5.63. The van der Waals surface area contributed by atoms with Gasteiger partial charge in [-0.15, -0.1) is 0 Å². The molecule has 18 heavy (non-hydrogen) atoms. The molecule has 0 radical (unpaired) electrons. The Balaban J connectivity index is 2.36. The molecular weight excluding hydrogens is 224 g/mol. The van der Waals surface area contributed by atoms with Crippen molar-refractivity contribution in [3.63, 3.8) is 0 Å². The molecule has 1 aromatic heterocycles. The monoisotopic (exact) mass is 252 g/mol. The molecule has 1 aromatic rings. The molecular formula is C15H28N2O. The third kappa shape index (κ3) is 5.69. The fourth-order valence-electron chi connectivity index (χ4n) is 1.96. The average Bonchev–Trinajstić information content (AvgIpc) is 2.82. The molecule has 0 aliphatic heterocycles. The van der Waals surface area contributed by atoms with Gasteiger partial charge in [-0.3, -0.25) is 4.90 Å². The van der Waals surface area contributed by atoms with Gasteiger partial charge in [0.05, 0.1) is 12.8 Å². The summed E-state index contributed by atoms with van der Waals surface area (Å²) in [5.41, 5.74) is 1.25. The van der Waals surface area contributed by atoms with Crippen molar-refractivity contribution in [2.24, 2.45) is 0 Å². The van der Waals surface area contributed by atoms with Crippen LogP contribution in [0.5, 0.6) is 0 Å². The van der Waals surface area contributed by atoms with E-state index in [2.05, 4.69) is 37.1 Å². The summed E-state index contributed by atoms with van der Waals surface area (Å²) in [6.45, 7) is 11.8. The first-order valence-corrected chi connectivity index (χ1v) is 7.29. The van der Waals surface area contributed by atoms with Crippen molar-refractivity contribution in [1.82, 2.24) is 10.2 Å². The molecule has 0 saturated carbocycles. The van der Waals surface area contributed by atoms with Crippen molar-refractivity contribution in [3.8, 4) is 0 Å². The highest BCUT2D eigenvalue weighted by atomic mass is 16.3. The maximum Gasteiger partial charge on any atom is 0.118 e. The average molecular weight is 252 g/mol. The summed E-state index contributed by atoms with van der Waals surface area (Å²) in [6.07, 6.45) is 5.57. The van der Waals surface area contributed by atoms with E-state index >= 15 is 0 Å². The van der Waals surface area contributed by atoms with Crippen molar-refractivity contribution >= 4 is 0 Å². The Bertz CT molecular complexity index is 309. The topological polar surface area (TPSA) is 28.4 Å². The number of nitrogens with one attached hydrogen (secondary N) is 1. The molecule has 0 aromatic carbocycles. The molecule has 3 nitrogen and oxygen atoms in total. The molecule has 0 amide bonds. The van der Waals surface area contributed by atoms with E-state index in [0.29, 0.717) is 0 Å². The molecule has 0 atom stereocenters. The lowest BCUT2D eigenvalue weighted by Crippen LogP contribution is -2.23. The molecule has 0 bridgehead atoms. The van der Waals surface area contributed by atoms with Crippen LogP contribution in [-0.2, 0) is 13.1 Å². The van der Waals surface area contributed by atoms with Crippen LogP contribution in [0, 0.1) is 0 Å². The second kappa shape index (κ2) is 9.17. The van der Waals surface area contributed by atoms with Crippen LogP contribution in [0.1, 0.15) is 51.4 Å². The molecule has 104 valence electrons. The number of hydrogen-bond donors (Lipinski definition) is 1. The van der Waals surface area contributed by atoms with Crippen LogP contribution in [0.15, 0.2) is 16.7 Å². The van der Waals surface area contributed by atoms with Crippen LogP contribution in [0.3, 0.4) is 0 Å². The van der Waals surface area contributed by atoms with E-state index in [-0.39, 0.29) is 0 Å². The predicted molar refractivity (Wildman–Crippen MR) is 76.6 cm³/mol. The van der Waals surface area contributed by atoms with Crippen molar-refractivity contribution < 1.29 is 4.42 Å². The minimum atomic E-state index is 0.915. The Hall–Kier alpha value is -0.800. The standard InChI is InChI=1S/C15H28N2O/c1-4-7-9-17(6-3)12-15-10-14(13-18-15)11-16-8-5-2/h10,13,16H,4-9,11-12H2,1-3H3. The fraction of sp³-hybridized carbons (Fsp3) is 0.733. The number of hydrogen-bond acceptors (Lipinski definition) is 3. The van der Waals surface area contributed by atoms with Gasteiger partial charge in [0, 0.05) is 12.1 Å². The lowest BCUT2D eigenvalue weighted by Gasteiger charge is -2.18. The van der Waals surface area contributed by atoms with E-state index in [4.69, 9.17) is 4.42 Å². The van der Waals surface area contributed by atoms with Crippen molar-refractivity contribution in [2.75, 3.05) is 19.6 Å².